The Hall–Kier alpha value is -1.97. The van der Waals surface area contributed by atoms with E-state index in [1.165, 1.54) is 0 Å². The predicted octanol–water partition coefficient (Wildman–Crippen LogP) is 2.80. The van der Waals surface area contributed by atoms with E-state index in [1.807, 2.05) is 0 Å². The normalized spacial score (nSPS) is 13.9. The topological polar surface area (TPSA) is 78.4 Å². The molecule has 0 amide bonds. The molecule has 1 aromatic carbocycles. The third kappa shape index (κ3) is 2.79. The molecule has 0 aliphatic carbocycles. The average Bonchev–Trinajstić information content (AvgIpc) is 2.35. The van der Waals surface area contributed by atoms with Crippen LogP contribution in [0.1, 0.15) is 11.6 Å². The molecule has 0 fully saturated rings. The van der Waals surface area contributed by atoms with Crippen molar-refractivity contribution in [3.8, 4) is 5.75 Å². The number of nitrogens with zero attached hydrogens (tertiary/aromatic N) is 1. The van der Waals surface area contributed by atoms with Gasteiger partial charge in [-0.05, 0) is 11.6 Å². The maximum absolute atomic E-state index is 13.1. The zero-order chi connectivity index (χ0) is 15.7. The fourth-order valence-corrected chi connectivity index (χ4v) is 1.43. The molecule has 5 nitrogen and oxygen atoms in total. The molecule has 2 N–H and O–H groups in total. The highest BCUT2D eigenvalue weighted by Gasteiger charge is 2.61. The van der Waals surface area contributed by atoms with Gasteiger partial charge >= 0.3 is 17.8 Å². The van der Waals surface area contributed by atoms with Crippen molar-refractivity contribution in [1.29, 1.82) is 0 Å². The van der Waals surface area contributed by atoms with E-state index < -0.39 is 34.3 Å². The lowest BCUT2D eigenvalue weighted by Gasteiger charge is -2.25. The minimum atomic E-state index is -5.86. The summed E-state index contributed by atoms with van der Waals surface area (Å²) in [4.78, 5) is 9.71. The van der Waals surface area contributed by atoms with Gasteiger partial charge in [0.05, 0.1) is 12.0 Å². The van der Waals surface area contributed by atoms with Gasteiger partial charge in [0.1, 0.15) is 6.04 Å². The zero-order valence-electron chi connectivity index (χ0n) is 9.95. The summed E-state index contributed by atoms with van der Waals surface area (Å²) in [6.07, 6.45) is -5.86. The largest absolute Gasteiger partial charge is 0.490 e. The quantitative estimate of drug-likeness (QED) is 0.527. The second-order valence-electron chi connectivity index (χ2n) is 3.79. The maximum atomic E-state index is 13.1. The van der Waals surface area contributed by atoms with Crippen LogP contribution in [0.5, 0.6) is 5.75 Å². The van der Waals surface area contributed by atoms with E-state index in [-0.39, 0.29) is 5.75 Å². The van der Waals surface area contributed by atoms with E-state index >= 15 is 0 Å². The van der Waals surface area contributed by atoms with Crippen LogP contribution in [-0.4, -0.2) is 24.1 Å². The summed E-state index contributed by atoms with van der Waals surface area (Å²) >= 11 is 0. The van der Waals surface area contributed by atoms with Crippen molar-refractivity contribution in [3.05, 3.63) is 33.9 Å². The number of benzene rings is 1. The van der Waals surface area contributed by atoms with Crippen LogP contribution >= 0.6 is 0 Å². The van der Waals surface area contributed by atoms with Gasteiger partial charge in [0.15, 0.2) is 5.75 Å². The molecule has 1 aromatic rings. The van der Waals surface area contributed by atoms with E-state index in [1.54, 1.807) is 0 Å². The third-order valence-electron chi connectivity index (χ3n) is 2.53. The maximum Gasteiger partial charge on any atom is 0.455 e. The second kappa shape index (κ2) is 5.19. The van der Waals surface area contributed by atoms with Crippen molar-refractivity contribution in [2.75, 3.05) is 7.11 Å². The SMILES string of the molecule is COc1ccc([C@@H](N)C(F)(F)C(F)(F)F)cc1[N+](=O)[O-]. The Bertz CT molecular complexity index is 518. The summed E-state index contributed by atoms with van der Waals surface area (Å²) < 4.78 is 67.3. The van der Waals surface area contributed by atoms with Gasteiger partial charge < -0.3 is 10.5 Å². The summed E-state index contributed by atoms with van der Waals surface area (Å²) in [5, 5.41) is 10.7. The van der Waals surface area contributed by atoms with E-state index in [0.717, 1.165) is 19.2 Å². The fraction of sp³-hybridized carbons (Fsp3) is 0.400. The van der Waals surface area contributed by atoms with Crippen molar-refractivity contribution < 1.29 is 31.6 Å². The fourth-order valence-electron chi connectivity index (χ4n) is 1.43. The molecule has 0 saturated heterocycles. The Morgan fingerprint density at radius 1 is 1.30 bits per heavy atom. The van der Waals surface area contributed by atoms with Crippen LogP contribution in [0.15, 0.2) is 18.2 Å². The highest BCUT2D eigenvalue weighted by molar-refractivity contribution is 5.49. The van der Waals surface area contributed by atoms with Gasteiger partial charge in [-0.1, -0.05) is 6.07 Å². The van der Waals surface area contributed by atoms with Crippen LogP contribution < -0.4 is 10.5 Å². The highest BCUT2D eigenvalue weighted by Crippen LogP contribution is 2.44. The van der Waals surface area contributed by atoms with Crippen LogP contribution in [0.2, 0.25) is 0 Å². The third-order valence-corrected chi connectivity index (χ3v) is 2.53. The van der Waals surface area contributed by atoms with E-state index in [0.29, 0.717) is 6.07 Å². The average molecular weight is 300 g/mol. The van der Waals surface area contributed by atoms with E-state index in [4.69, 9.17) is 5.73 Å². The number of nitrogens with two attached hydrogens (primary N) is 1. The molecule has 1 rings (SSSR count). The number of halogens is 5. The molecule has 0 aliphatic rings. The van der Waals surface area contributed by atoms with E-state index in [2.05, 4.69) is 4.74 Å². The van der Waals surface area contributed by atoms with Crippen molar-refractivity contribution >= 4 is 5.69 Å². The minimum Gasteiger partial charge on any atom is -0.490 e. The summed E-state index contributed by atoms with van der Waals surface area (Å²) in [6, 6.07) is -0.508. The van der Waals surface area contributed by atoms with Gasteiger partial charge in [-0.3, -0.25) is 10.1 Å². The van der Waals surface area contributed by atoms with Crippen molar-refractivity contribution in [3.63, 3.8) is 0 Å². The molecule has 0 unspecified atom stereocenters. The van der Waals surface area contributed by atoms with Gasteiger partial charge in [-0.25, -0.2) is 0 Å². The minimum absolute atomic E-state index is 0.277. The van der Waals surface area contributed by atoms with Gasteiger partial charge in [-0.2, -0.15) is 22.0 Å². The summed E-state index contributed by atoms with van der Waals surface area (Å²) in [6.45, 7) is 0. The molecule has 0 aromatic heterocycles. The number of hydrogen-bond acceptors (Lipinski definition) is 4. The molecule has 0 heterocycles. The molecule has 20 heavy (non-hydrogen) atoms. The Kier molecular flexibility index (Phi) is 4.18. The van der Waals surface area contributed by atoms with Gasteiger partial charge in [0, 0.05) is 6.07 Å². The molecule has 0 radical (unpaired) electrons. The second-order valence-corrected chi connectivity index (χ2v) is 3.79. The van der Waals surface area contributed by atoms with Gasteiger partial charge in [0.25, 0.3) is 0 Å². The Morgan fingerprint density at radius 2 is 1.85 bits per heavy atom. The first kappa shape index (κ1) is 16.1. The van der Waals surface area contributed by atoms with Crippen LogP contribution in [0.3, 0.4) is 0 Å². The lowest BCUT2D eigenvalue weighted by atomic mass is 10.00. The van der Waals surface area contributed by atoms with Gasteiger partial charge in [-0.15, -0.1) is 0 Å². The first-order chi connectivity index (χ1) is 9.02. The van der Waals surface area contributed by atoms with Crippen LogP contribution in [0, 0.1) is 10.1 Å². The van der Waals surface area contributed by atoms with Crippen molar-refractivity contribution in [2.45, 2.75) is 18.1 Å². The molecule has 1 atom stereocenters. The standard InChI is InChI=1S/C10H9F5N2O3/c1-20-7-3-2-5(4-6(7)17(18)19)8(16)9(11,12)10(13,14)15/h2-4,8H,16H2,1H3/t8-/m1/s1. The predicted molar refractivity (Wildman–Crippen MR) is 57.6 cm³/mol. The monoisotopic (exact) mass is 300 g/mol. The molecule has 10 heteroatoms. The number of rotatable bonds is 4. The zero-order valence-corrected chi connectivity index (χ0v) is 9.95. The highest BCUT2D eigenvalue weighted by atomic mass is 19.4. The number of nitro groups is 1. The molecule has 0 spiro atoms. The van der Waals surface area contributed by atoms with Crippen LogP contribution in [0.25, 0.3) is 0 Å². The van der Waals surface area contributed by atoms with Crippen molar-refractivity contribution in [2.24, 2.45) is 5.73 Å². The molecule has 112 valence electrons. The number of alkyl halides is 5. The number of nitro benzene ring substituents is 1. The smallest absolute Gasteiger partial charge is 0.455 e. The van der Waals surface area contributed by atoms with Crippen LogP contribution in [0.4, 0.5) is 27.6 Å². The number of ether oxygens (including phenoxy) is 1. The first-order valence-corrected chi connectivity index (χ1v) is 5.04. The Morgan fingerprint density at radius 3 is 2.25 bits per heavy atom. The Labute approximate surface area is 109 Å². The van der Waals surface area contributed by atoms with E-state index in [9.17, 15) is 32.1 Å². The van der Waals surface area contributed by atoms with Gasteiger partial charge in [0.2, 0.25) is 0 Å². The van der Waals surface area contributed by atoms with Crippen molar-refractivity contribution in [1.82, 2.24) is 0 Å². The first-order valence-electron chi connectivity index (χ1n) is 5.04. The summed E-state index contributed by atoms with van der Waals surface area (Å²) in [7, 11) is 1.09. The van der Waals surface area contributed by atoms with Crippen LogP contribution in [-0.2, 0) is 0 Å². The summed E-state index contributed by atoms with van der Waals surface area (Å²) in [5.41, 5.74) is 3.41. The molecule has 0 bridgehead atoms. The Balaban J connectivity index is 3.28. The number of hydrogen-bond donors (Lipinski definition) is 1. The molecule has 0 aliphatic heterocycles. The number of methoxy groups -OCH3 is 1. The molecular formula is C10H9F5N2O3. The molecule has 0 saturated carbocycles. The molecular weight excluding hydrogens is 291 g/mol. The lowest BCUT2D eigenvalue weighted by molar-refractivity contribution is -0.385. The summed E-state index contributed by atoms with van der Waals surface area (Å²) in [5.74, 6) is -5.49. The lowest BCUT2D eigenvalue weighted by Crippen LogP contribution is -2.45.